The van der Waals surface area contributed by atoms with E-state index in [2.05, 4.69) is 18.7 Å². The van der Waals surface area contributed by atoms with E-state index in [4.69, 9.17) is 5.73 Å². The summed E-state index contributed by atoms with van der Waals surface area (Å²) in [6.07, 6.45) is 8.18. The predicted molar refractivity (Wildman–Crippen MR) is 69.4 cm³/mol. The number of hydrogen-bond acceptors (Lipinski definition) is 2. The maximum atomic E-state index is 6.18. The summed E-state index contributed by atoms with van der Waals surface area (Å²) in [4.78, 5) is 2.74. The van der Waals surface area contributed by atoms with Crippen LogP contribution >= 0.6 is 0 Å². The van der Waals surface area contributed by atoms with Crippen molar-refractivity contribution in [2.45, 2.75) is 64.5 Å². The first-order chi connectivity index (χ1) is 7.70. The van der Waals surface area contributed by atoms with Gasteiger partial charge in [-0.15, -0.1) is 0 Å². The second-order valence-electron chi connectivity index (χ2n) is 6.03. The smallest absolute Gasteiger partial charge is 0.00955 e. The molecule has 0 bridgehead atoms. The first-order valence-electron chi connectivity index (χ1n) is 7.20. The van der Waals surface area contributed by atoms with Gasteiger partial charge in [0.05, 0.1) is 0 Å². The minimum atomic E-state index is 0.462. The van der Waals surface area contributed by atoms with Gasteiger partial charge in [0, 0.05) is 18.6 Å². The Morgan fingerprint density at radius 2 is 1.81 bits per heavy atom. The molecule has 0 aromatic heterocycles. The predicted octanol–water partition coefficient (Wildman–Crippen LogP) is 2.62. The molecule has 2 N–H and O–H groups in total. The van der Waals surface area contributed by atoms with E-state index < -0.39 is 0 Å². The molecule has 0 aromatic rings. The van der Waals surface area contributed by atoms with Gasteiger partial charge in [-0.1, -0.05) is 20.3 Å². The molecule has 0 spiro atoms. The topological polar surface area (TPSA) is 29.3 Å². The molecule has 2 unspecified atom stereocenters. The van der Waals surface area contributed by atoms with E-state index in [1.165, 1.54) is 51.6 Å². The van der Waals surface area contributed by atoms with Crippen molar-refractivity contribution in [2.75, 3.05) is 13.1 Å². The molecule has 2 aliphatic rings. The van der Waals surface area contributed by atoms with Gasteiger partial charge >= 0.3 is 0 Å². The largest absolute Gasteiger partial charge is 0.327 e. The van der Waals surface area contributed by atoms with E-state index >= 15 is 0 Å². The number of nitrogens with zero attached hydrogens (tertiary/aromatic N) is 1. The Balaban J connectivity index is 1.85. The van der Waals surface area contributed by atoms with Gasteiger partial charge in [-0.2, -0.15) is 0 Å². The highest BCUT2D eigenvalue weighted by molar-refractivity contribution is 4.87. The maximum Gasteiger partial charge on any atom is 0.00955 e. The summed E-state index contributed by atoms with van der Waals surface area (Å²) in [5.41, 5.74) is 6.18. The second kappa shape index (κ2) is 5.50. The first kappa shape index (κ1) is 12.4. The fraction of sp³-hybridized carbons (Fsp3) is 1.00. The highest BCUT2D eigenvalue weighted by Gasteiger charge is 2.31. The molecule has 1 saturated heterocycles. The van der Waals surface area contributed by atoms with Gasteiger partial charge in [0.2, 0.25) is 0 Å². The van der Waals surface area contributed by atoms with Crippen LogP contribution in [0.3, 0.4) is 0 Å². The van der Waals surface area contributed by atoms with Crippen molar-refractivity contribution in [2.24, 2.45) is 17.6 Å². The summed E-state index contributed by atoms with van der Waals surface area (Å²) >= 11 is 0. The Labute approximate surface area is 101 Å². The lowest BCUT2D eigenvalue weighted by Crippen LogP contribution is -2.51. The zero-order chi connectivity index (χ0) is 11.5. The third-order valence-electron chi connectivity index (χ3n) is 4.85. The zero-order valence-corrected chi connectivity index (χ0v) is 11.0. The average molecular weight is 224 g/mol. The van der Waals surface area contributed by atoms with Crippen molar-refractivity contribution in [3.05, 3.63) is 0 Å². The van der Waals surface area contributed by atoms with E-state index in [1.807, 2.05) is 0 Å². The van der Waals surface area contributed by atoms with Crippen molar-refractivity contribution in [3.8, 4) is 0 Å². The highest BCUT2D eigenvalue weighted by Crippen LogP contribution is 2.30. The molecule has 1 saturated carbocycles. The third-order valence-corrected chi connectivity index (χ3v) is 4.85. The Kier molecular flexibility index (Phi) is 4.26. The molecule has 0 amide bonds. The number of hydrogen-bond donors (Lipinski definition) is 1. The van der Waals surface area contributed by atoms with Crippen molar-refractivity contribution >= 4 is 0 Å². The van der Waals surface area contributed by atoms with Gasteiger partial charge in [-0.25, -0.2) is 0 Å². The van der Waals surface area contributed by atoms with E-state index in [1.54, 1.807) is 0 Å². The van der Waals surface area contributed by atoms with E-state index in [0.717, 1.165) is 17.9 Å². The van der Waals surface area contributed by atoms with Gasteiger partial charge in [0.15, 0.2) is 0 Å². The van der Waals surface area contributed by atoms with Crippen molar-refractivity contribution in [1.29, 1.82) is 0 Å². The highest BCUT2D eigenvalue weighted by atomic mass is 15.2. The summed E-state index contributed by atoms with van der Waals surface area (Å²) in [5, 5.41) is 0. The summed E-state index contributed by atoms with van der Waals surface area (Å²) in [5.74, 6) is 1.71. The minimum absolute atomic E-state index is 0.462. The van der Waals surface area contributed by atoms with Crippen molar-refractivity contribution < 1.29 is 0 Å². The van der Waals surface area contributed by atoms with Gasteiger partial charge in [0.25, 0.3) is 0 Å². The molecule has 94 valence electrons. The van der Waals surface area contributed by atoms with Crippen LogP contribution in [0, 0.1) is 11.8 Å². The van der Waals surface area contributed by atoms with Crippen LogP contribution in [0.5, 0.6) is 0 Å². The number of rotatable bonds is 2. The van der Waals surface area contributed by atoms with E-state index in [9.17, 15) is 0 Å². The summed E-state index contributed by atoms with van der Waals surface area (Å²) in [6, 6.07) is 1.33. The van der Waals surface area contributed by atoms with Gasteiger partial charge < -0.3 is 5.73 Å². The SMILES string of the molecule is CCC1CN(C2CCC(C)CC2)CCC1N. The first-order valence-corrected chi connectivity index (χ1v) is 7.20. The molecule has 2 nitrogen and oxygen atoms in total. The van der Waals surface area contributed by atoms with Crippen LogP contribution in [-0.2, 0) is 0 Å². The number of likely N-dealkylation sites (tertiary alicyclic amines) is 1. The average Bonchev–Trinajstić information content (AvgIpc) is 2.31. The Morgan fingerprint density at radius 1 is 1.12 bits per heavy atom. The summed E-state index contributed by atoms with van der Waals surface area (Å²) in [7, 11) is 0. The lowest BCUT2D eigenvalue weighted by molar-refractivity contribution is 0.0776. The normalized spacial score (nSPS) is 42.2. The van der Waals surface area contributed by atoms with Crippen LogP contribution in [-0.4, -0.2) is 30.1 Å². The molecule has 2 heteroatoms. The fourth-order valence-corrected chi connectivity index (χ4v) is 3.45. The number of nitrogens with two attached hydrogens (primary N) is 1. The Bertz CT molecular complexity index is 209. The molecule has 1 heterocycles. The van der Waals surface area contributed by atoms with E-state index in [0.29, 0.717) is 6.04 Å². The molecular formula is C14H28N2. The second-order valence-corrected chi connectivity index (χ2v) is 6.03. The summed E-state index contributed by atoms with van der Waals surface area (Å²) < 4.78 is 0. The van der Waals surface area contributed by atoms with Crippen LogP contribution in [0.2, 0.25) is 0 Å². The van der Waals surface area contributed by atoms with E-state index in [-0.39, 0.29) is 0 Å². The minimum Gasteiger partial charge on any atom is -0.327 e. The molecule has 0 radical (unpaired) electrons. The van der Waals surface area contributed by atoms with Gasteiger partial charge in [0.1, 0.15) is 0 Å². The number of piperidine rings is 1. The van der Waals surface area contributed by atoms with Crippen LogP contribution in [0.25, 0.3) is 0 Å². The molecular weight excluding hydrogens is 196 g/mol. The molecule has 2 atom stereocenters. The zero-order valence-electron chi connectivity index (χ0n) is 11.0. The Hall–Kier alpha value is -0.0800. The molecule has 1 aliphatic carbocycles. The van der Waals surface area contributed by atoms with Crippen LogP contribution < -0.4 is 5.73 Å². The van der Waals surface area contributed by atoms with Crippen molar-refractivity contribution in [3.63, 3.8) is 0 Å². The lowest BCUT2D eigenvalue weighted by Gasteiger charge is -2.43. The monoisotopic (exact) mass is 224 g/mol. The molecule has 16 heavy (non-hydrogen) atoms. The molecule has 1 aliphatic heterocycles. The van der Waals surface area contributed by atoms with Gasteiger partial charge in [-0.3, -0.25) is 4.90 Å². The Morgan fingerprint density at radius 3 is 2.44 bits per heavy atom. The quantitative estimate of drug-likeness (QED) is 0.781. The third kappa shape index (κ3) is 2.78. The summed E-state index contributed by atoms with van der Waals surface area (Å²) in [6.45, 7) is 7.20. The standard InChI is InChI=1S/C14H28N2/c1-3-12-10-16(9-8-14(12)15)13-6-4-11(2)5-7-13/h11-14H,3-10,15H2,1-2H3. The van der Waals surface area contributed by atoms with Crippen LogP contribution in [0.4, 0.5) is 0 Å². The van der Waals surface area contributed by atoms with Crippen LogP contribution in [0.1, 0.15) is 52.4 Å². The molecule has 0 aromatic carbocycles. The molecule has 2 fully saturated rings. The van der Waals surface area contributed by atoms with Crippen molar-refractivity contribution in [1.82, 2.24) is 4.90 Å². The van der Waals surface area contributed by atoms with Crippen LogP contribution in [0.15, 0.2) is 0 Å². The molecule has 2 rings (SSSR count). The fourth-order valence-electron chi connectivity index (χ4n) is 3.45. The lowest BCUT2D eigenvalue weighted by atomic mass is 9.83. The maximum absolute atomic E-state index is 6.18. The van der Waals surface area contributed by atoms with Gasteiger partial charge in [-0.05, 0) is 50.5 Å².